The van der Waals surface area contributed by atoms with E-state index in [4.69, 9.17) is 5.11 Å². The summed E-state index contributed by atoms with van der Waals surface area (Å²) in [6.07, 6.45) is 26.7. The number of rotatable bonds is 19. The highest BCUT2D eigenvalue weighted by molar-refractivity contribution is 5.83. The predicted molar refractivity (Wildman–Crippen MR) is 122 cm³/mol. The Balaban J connectivity index is 3.53. The molecule has 0 aliphatic heterocycles. The zero-order valence-corrected chi connectivity index (χ0v) is 18.2. The lowest BCUT2D eigenvalue weighted by Crippen LogP contribution is -2.36. The Labute approximate surface area is 177 Å². The molecule has 3 N–H and O–H groups in total. The van der Waals surface area contributed by atoms with Crippen LogP contribution in [0.2, 0.25) is 0 Å². The molecule has 0 heterocycles. The van der Waals surface area contributed by atoms with Gasteiger partial charge in [0.2, 0.25) is 0 Å². The van der Waals surface area contributed by atoms with Gasteiger partial charge in [0.25, 0.3) is 0 Å². The number of allylic oxidation sites excluding steroid dienone is 8. The molecule has 0 rings (SSSR count). The fraction of sp³-hybridized carbons (Fsp3) is 0.640. The maximum absolute atomic E-state index is 11.6. The first-order valence-electron chi connectivity index (χ1n) is 11.2. The van der Waals surface area contributed by atoms with Gasteiger partial charge in [-0.2, -0.15) is 0 Å². The lowest BCUT2D eigenvalue weighted by Gasteiger charge is -2.13. The van der Waals surface area contributed by atoms with E-state index in [1.54, 1.807) is 0 Å². The Morgan fingerprint density at radius 2 is 1.21 bits per heavy atom. The highest BCUT2D eigenvalue weighted by Gasteiger charge is 2.22. The van der Waals surface area contributed by atoms with Gasteiger partial charge in [-0.1, -0.05) is 74.8 Å². The van der Waals surface area contributed by atoms with E-state index in [0.717, 1.165) is 38.5 Å². The summed E-state index contributed by atoms with van der Waals surface area (Å²) < 4.78 is 0. The van der Waals surface area contributed by atoms with E-state index < -0.39 is 24.6 Å². The van der Waals surface area contributed by atoms with Crippen molar-refractivity contribution in [2.24, 2.45) is 0 Å². The summed E-state index contributed by atoms with van der Waals surface area (Å²) in [7, 11) is 0. The molecule has 0 fully saturated rings. The van der Waals surface area contributed by atoms with E-state index >= 15 is 0 Å². The van der Waals surface area contributed by atoms with Crippen LogP contribution in [-0.2, 0) is 4.79 Å². The minimum absolute atomic E-state index is 0.243. The summed E-state index contributed by atoms with van der Waals surface area (Å²) in [4.78, 5) is 11.6. The molecule has 2 unspecified atom stereocenters. The van der Waals surface area contributed by atoms with E-state index in [0.29, 0.717) is 6.42 Å². The lowest BCUT2D eigenvalue weighted by atomic mass is 10.0. The van der Waals surface area contributed by atoms with Crippen LogP contribution in [0.5, 0.6) is 0 Å². The van der Waals surface area contributed by atoms with Crippen LogP contribution in [-0.4, -0.2) is 39.9 Å². The molecule has 0 saturated heterocycles. The standard InChI is InChI=1S/C25H42O4/c1-2-3-4-5-6-7-8-9-10-11-12-13-14-15-16-17-18-19-20-21-23(27)25(29)24(28)22-26/h6-7,9-10,12-13,15-16,24-26,28-29H,2-5,8,11,14,17-22H2,1H3/b7-6-,10-9-,13-12-,16-15-. The highest BCUT2D eigenvalue weighted by Crippen LogP contribution is 2.08. The maximum atomic E-state index is 11.6. The average Bonchev–Trinajstić information content (AvgIpc) is 2.74. The number of aliphatic hydroxyl groups excluding tert-OH is 3. The fourth-order valence-corrected chi connectivity index (χ4v) is 2.76. The van der Waals surface area contributed by atoms with Gasteiger partial charge in [0.05, 0.1) is 6.61 Å². The SMILES string of the molecule is CCCCC/C=C\C/C=C\C/C=C\C/C=C\CCCCCC(=O)C(O)C(O)CO. The maximum Gasteiger partial charge on any atom is 0.164 e. The molecular formula is C25H42O4. The van der Waals surface area contributed by atoms with Gasteiger partial charge < -0.3 is 15.3 Å². The molecule has 29 heavy (non-hydrogen) atoms. The number of carbonyl (C=O) groups is 1. The predicted octanol–water partition coefficient (Wildman–Crippen LogP) is 5.20. The van der Waals surface area contributed by atoms with Crippen molar-refractivity contribution in [2.45, 2.75) is 96.2 Å². The van der Waals surface area contributed by atoms with E-state index in [1.165, 1.54) is 25.7 Å². The summed E-state index contributed by atoms with van der Waals surface area (Å²) in [5.41, 5.74) is 0. The Morgan fingerprint density at radius 1 is 0.724 bits per heavy atom. The van der Waals surface area contributed by atoms with Crippen LogP contribution in [0.25, 0.3) is 0 Å². The Morgan fingerprint density at radius 3 is 1.69 bits per heavy atom. The van der Waals surface area contributed by atoms with Gasteiger partial charge in [-0.25, -0.2) is 0 Å². The average molecular weight is 407 g/mol. The topological polar surface area (TPSA) is 77.8 Å². The Kier molecular flexibility index (Phi) is 20.1. The van der Waals surface area contributed by atoms with Crippen molar-refractivity contribution in [2.75, 3.05) is 6.61 Å². The molecule has 0 aromatic rings. The normalized spacial score (nSPS) is 14.6. The number of hydrogen-bond donors (Lipinski definition) is 3. The number of ketones is 1. The minimum Gasteiger partial charge on any atom is -0.394 e. The van der Waals surface area contributed by atoms with Crippen LogP contribution < -0.4 is 0 Å². The van der Waals surface area contributed by atoms with E-state index in [9.17, 15) is 15.0 Å². The third-order valence-corrected chi connectivity index (χ3v) is 4.63. The second-order valence-corrected chi connectivity index (χ2v) is 7.35. The van der Waals surface area contributed by atoms with E-state index in [2.05, 4.69) is 55.5 Å². The molecule has 166 valence electrons. The van der Waals surface area contributed by atoms with Crippen molar-refractivity contribution >= 4 is 5.78 Å². The van der Waals surface area contributed by atoms with Gasteiger partial charge in [-0.05, 0) is 51.4 Å². The first kappa shape index (κ1) is 27.5. The molecule has 0 saturated carbocycles. The number of aliphatic hydroxyl groups is 3. The summed E-state index contributed by atoms with van der Waals surface area (Å²) in [5.74, 6) is -0.399. The molecule has 0 aromatic carbocycles. The second kappa shape index (κ2) is 21.2. The van der Waals surface area contributed by atoms with Crippen LogP contribution in [0.1, 0.15) is 84.0 Å². The summed E-state index contributed by atoms with van der Waals surface area (Å²) in [6.45, 7) is 1.63. The van der Waals surface area contributed by atoms with Gasteiger partial charge in [0.1, 0.15) is 12.2 Å². The molecule has 0 radical (unpaired) electrons. The third kappa shape index (κ3) is 18.3. The van der Waals surface area contributed by atoms with Crippen molar-refractivity contribution < 1.29 is 20.1 Å². The molecule has 0 aliphatic carbocycles. The highest BCUT2D eigenvalue weighted by atomic mass is 16.4. The van der Waals surface area contributed by atoms with Gasteiger partial charge in [0.15, 0.2) is 5.78 Å². The summed E-state index contributed by atoms with van der Waals surface area (Å²) in [5, 5.41) is 27.4. The molecule has 2 atom stereocenters. The van der Waals surface area contributed by atoms with Crippen molar-refractivity contribution in [1.82, 2.24) is 0 Å². The lowest BCUT2D eigenvalue weighted by molar-refractivity contribution is -0.134. The summed E-state index contributed by atoms with van der Waals surface area (Å²) in [6, 6.07) is 0. The Hall–Kier alpha value is -1.49. The third-order valence-electron chi connectivity index (χ3n) is 4.63. The van der Waals surface area contributed by atoms with Crippen LogP contribution in [0.4, 0.5) is 0 Å². The van der Waals surface area contributed by atoms with E-state index in [1.807, 2.05) is 0 Å². The number of Topliss-reactive ketones (excluding diaryl/α,β-unsaturated/α-hetero) is 1. The molecule has 0 spiro atoms. The van der Waals surface area contributed by atoms with Crippen molar-refractivity contribution in [1.29, 1.82) is 0 Å². The van der Waals surface area contributed by atoms with Crippen LogP contribution in [0, 0.1) is 0 Å². The van der Waals surface area contributed by atoms with Gasteiger partial charge in [0, 0.05) is 6.42 Å². The van der Waals surface area contributed by atoms with Gasteiger partial charge in [-0.15, -0.1) is 0 Å². The quantitative estimate of drug-likeness (QED) is 0.204. The van der Waals surface area contributed by atoms with Crippen molar-refractivity contribution in [3.05, 3.63) is 48.6 Å². The molecule has 4 nitrogen and oxygen atoms in total. The van der Waals surface area contributed by atoms with Crippen LogP contribution in [0.3, 0.4) is 0 Å². The zero-order chi connectivity index (χ0) is 21.6. The molecule has 0 bridgehead atoms. The zero-order valence-electron chi connectivity index (χ0n) is 18.2. The minimum atomic E-state index is -1.46. The Bertz CT molecular complexity index is 491. The summed E-state index contributed by atoms with van der Waals surface area (Å²) >= 11 is 0. The fourth-order valence-electron chi connectivity index (χ4n) is 2.76. The molecular weight excluding hydrogens is 364 g/mol. The van der Waals surface area contributed by atoms with Crippen molar-refractivity contribution in [3.8, 4) is 0 Å². The molecule has 0 aliphatic rings. The van der Waals surface area contributed by atoms with Gasteiger partial charge >= 0.3 is 0 Å². The number of unbranched alkanes of at least 4 members (excludes halogenated alkanes) is 6. The molecule has 0 aromatic heterocycles. The molecule has 0 amide bonds. The first-order chi connectivity index (χ1) is 14.1. The van der Waals surface area contributed by atoms with E-state index in [-0.39, 0.29) is 6.42 Å². The first-order valence-corrected chi connectivity index (χ1v) is 11.2. The largest absolute Gasteiger partial charge is 0.394 e. The number of carbonyl (C=O) groups excluding carboxylic acids is 1. The smallest absolute Gasteiger partial charge is 0.164 e. The van der Waals surface area contributed by atoms with Gasteiger partial charge in [-0.3, -0.25) is 4.79 Å². The van der Waals surface area contributed by atoms with Crippen molar-refractivity contribution in [3.63, 3.8) is 0 Å². The molecule has 4 heteroatoms. The van der Waals surface area contributed by atoms with Crippen LogP contribution in [0.15, 0.2) is 48.6 Å². The monoisotopic (exact) mass is 406 g/mol. The van der Waals surface area contributed by atoms with Crippen LogP contribution >= 0.6 is 0 Å². The number of hydrogen-bond acceptors (Lipinski definition) is 4. The second-order valence-electron chi connectivity index (χ2n) is 7.35.